The minimum Gasteiger partial charge on any atom is -0.497 e. The largest absolute Gasteiger partial charge is 0.497 e. The Balaban J connectivity index is 2.28. The van der Waals surface area contributed by atoms with Crippen molar-refractivity contribution in [1.82, 2.24) is 0 Å². The Bertz CT molecular complexity index is 631. The van der Waals surface area contributed by atoms with Crippen molar-refractivity contribution in [3.63, 3.8) is 0 Å². The monoisotopic (exact) mass is 354 g/mol. The molecule has 0 spiro atoms. The lowest BCUT2D eigenvalue weighted by atomic mass is 10.0. The molecule has 0 aliphatic carbocycles. The highest BCUT2D eigenvalue weighted by atomic mass is 79.9. The maximum Gasteiger partial charge on any atom is 0.137 e. The Kier molecular flexibility index (Phi) is 5.20. The molecule has 1 atom stereocenters. The van der Waals surface area contributed by atoms with Crippen LogP contribution in [0.5, 0.6) is 11.5 Å². The molecule has 112 valence electrons. The molecule has 5 heteroatoms. The van der Waals surface area contributed by atoms with Crippen LogP contribution < -0.4 is 9.47 Å². The first-order valence-electron chi connectivity index (χ1n) is 6.39. The third-order valence-electron chi connectivity index (χ3n) is 3.24. The minimum absolute atomic E-state index is 0.279. The summed E-state index contributed by atoms with van der Waals surface area (Å²) in [6, 6.07) is 9.96. The molecule has 0 fully saturated rings. The molecule has 0 amide bonds. The van der Waals surface area contributed by atoms with Gasteiger partial charge in [0.25, 0.3) is 0 Å². The second-order valence-corrected chi connectivity index (χ2v) is 5.33. The van der Waals surface area contributed by atoms with Crippen molar-refractivity contribution in [1.29, 1.82) is 0 Å². The molecule has 0 saturated carbocycles. The van der Waals surface area contributed by atoms with Crippen LogP contribution in [0.2, 0.25) is 0 Å². The SMILES string of the molecule is COc1ccc(C(O)Cc2cccc(F)c2Br)c(OC)c1. The number of benzene rings is 2. The Labute approximate surface area is 131 Å². The highest BCUT2D eigenvalue weighted by Crippen LogP contribution is 2.32. The molecule has 0 aliphatic heterocycles. The van der Waals surface area contributed by atoms with E-state index in [2.05, 4.69) is 15.9 Å². The van der Waals surface area contributed by atoms with E-state index in [1.165, 1.54) is 13.2 Å². The number of aliphatic hydroxyl groups is 1. The Morgan fingerprint density at radius 1 is 1.19 bits per heavy atom. The molecule has 21 heavy (non-hydrogen) atoms. The summed E-state index contributed by atoms with van der Waals surface area (Å²) in [5.74, 6) is 0.838. The zero-order valence-electron chi connectivity index (χ0n) is 11.8. The number of aliphatic hydroxyl groups excluding tert-OH is 1. The van der Waals surface area contributed by atoms with Crippen LogP contribution >= 0.6 is 15.9 Å². The molecule has 3 nitrogen and oxygen atoms in total. The average Bonchev–Trinajstić information content (AvgIpc) is 2.51. The molecule has 0 aromatic heterocycles. The van der Waals surface area contributed by atoms with Gasteiger partial charge in [-0.1, -0.05) is 12.1 Å². The summed E-state index contributed by atoms with van der Waals surface area (Å²) >= 11 is 3.20. The van der Waals surface area contributed by atoms with E-state index in [0.717, 1.165) is 0 Å². The van der Waals surface area contributed by atoms with Gasteiger partial charge < -0.3 is 14.6 Å². The van der Waals surface area contributed by atoms with Crippen LogP contribution in [0.3, 0.4) is 0 Å². The van der Waals surface area contributed by atoms with E-state index in [9.17, 15) is 9.50 Å². The molecule has 0 aliphatic rings. The Morgan fingerprint density at radius 3 is 2.62 bits per heavy atom. The Hall–Kier alpha value is -1.59. The van der Waals surface area contributed by atoms with Crippen LogP contribution in [0.1, 0.15) is 17.2 Å². The van der Waals surface area contributed by atoms with Gasteiger partial charge in [-0.25, -0.2) is 4.39 Å². The van der Waals surface area contributed by atoms with E-state index < -0.39 is 6.10 Å². The van der Waals surface area contributed by atoms with Crippen molar-refractivity contribution in [3.05, 3.63) is 57.8 Å². The first-order valence-corrected chi connectivity index (χ1v) is 7.19. The predicted molar refractivity (Wildman–Crippen MR) is 82.3 cm³/mol. The van der Waals surface area contributed by atoms with Gasteiger partial charge in [-0.15, -0.1) is 0 Å². The van der Waals surface area contributed by atoms with Crippen molar-refractivity contribution in [3.8, 4) is 11.5 Å². The standard InChI is InChI=1S/C16H16BrFO3/c1-20-11-6-7-12(15(9-11)21-2)14(19)8-10-4-3-5-13(18)16(10)17/h3-7,9,14,19H,8H2,1-2H3. The summed E-state index contributed by atoms with van der Waals surface area (Å²) in [6.45, 7) is 0. The van der Waals surface area contributed by atoms with Crippen molar-refractivity contribution in [2.75, 3.05) is 14.2 Å². The second kappa shape index (κ2) is 6.91. The molecule has 2 aromatic carbocycles. The zero-order chi connectivity index (χ0) is 15.4. The van der Waals surface area contributed by atoms with E-state index in [1.54, 1.807) is 37.4 Å². The maximum atomic E-state index is 13.5. The minimum atomic E-state index is -0.802. The molecule has 2 aromatic rings. The van der Waals surface area contributed by atoms with E-state index in [-0.39, 0.29) is 12.2 Å². The van der Waals surface area contributed by atoms with Crippen LogP contribution in [0, 0.1) is 5.82 Å². The number of methoxy groups -OCH3 is 2. The van der Waals surface area contributed by atoms with Crippen molar-refractivity contribution in [2.24, 2.45) is 0 Å². The highest BCUT2D eigenvalue weighted by Gasteiger charge is 2.17. The number of hydrogen-bond acceptors (Lipinski definition) is 3. The lowest BCUT2D eigenvalue weighted by Crippen LogP contribution is -2.05. The Morgan fingerprint density at radius 2 is 1.95 bits per heavy atom. The fourth-order valence-electron chi connectivity index (χ4n) is 2.12. The van der Waals surface area contributed by atoms with Gasteiger partial charge in [0.15, 0.2) is 0 Å². The van der Waals surface area contributed by atoms with Gasteiger partial charge in [0.2, 0.25) is 0 Å². The summed E-state index contributed by atoms with van der Waals surface area (Å²) in [5, 5.41) is 10.4. The molecule has 0 saturated heterocycles. The normalized spacial score (nSPS) is 12.0. The molecule has 1 unspecified atom stereocenters. The zero-order valence-corrected chi connectivity index (χ0v) is 13.4. The van der Waals surface area contributed by atoms with Gasteiger partial charge in [0.1, 0.15) is 17.3 Å². The number of hydrogen-bond donors (Lipinski definition) is 1. The van der Waals surface area contributed by atoms with Gasteiger partial charge in [-0.05, 0) is 39.7 Å². The number of halogens is 2. The van der Waals surface area contributed by atoms with Crippen LogP contribution in [-0.4, -0.2) is 19.3 Å². The molecule has 2 rings (SSSR count). The first-order chi connectivity index (χ1) is 10.1. The molecule has 0 bridgehead atoms. The van der Waals surface area contributed by atoms with Crippen molar-refractivity contribution >= 4 is 15.9 Å². The quantitative estimate of drug-likeness (QED) is 0.885. The van der Waals surface area contributed by atoms with Gasteiger partial charge >= 0.3 is 0 Å². The summed E-state index contributed by atoms with van der Waals surface area (Å²) in [7, 11) is 3.10. The molecule has 0 heterocycles. The molecular formula is C16H16BrFO3. The lowest BCUT2D eigenvalue weighted by molar-refractivity contribution is 0.173. The topological polar surface area (TPSA) is 38.7 Å². The predicted octanol–water partition coefficient (Wildman–Crippen LogP) is 3.88. The second-order valence-electron chi connectivity index (χ2n) is 4.54. The number of rotatable bonds is 5. The first kappa shape index (κ1) is 15.8. The van der Waals surface area contributed by atoms with Gasteiger partial charge in [-0.3, -0.25) is 0 Å². The fraction of sp³-hybridized carbons (Fsp3) is 0.250. The molecule has 1 N–H and O–H groups in total. The highest BCUT2D eigenvalue weighted by molar-refractivity contribution is 9.10. The lowest BCUT2D eigenvalue weighted by Gasteiger charge is -2.16. The van der Waals surface area contributed by atoms with E-state index in [1.807, 2.05) is 0 Å². The van der Waals surface area contributed by atoms with Crippen LogP contribution in [0.4, 0.5) is 4.39 Å². The van der Waals surface area contributed by atoms with Gasteiger partial charge in [0, 0.05) is 18.1 Å². The van der Waals surface area contributed by atoms with Crippen LogP contribution in [0.15, 0.2) is 40.9 Å². The van der Waals surface area contributed by atoms with E-state index in [0.29, 0.717) is 27.1 Å². The smallest absolute Gasteiger partial charge is 0.137 e. The maximum absolute atomic E-state index is 13.5. The van der Waals surface area contributed by atoms with E-state index in [4.69, 9.17) is 9.47 Å². The summed E-state index contributed by atoms with van der Waals surface area (Å²) in [5.41, 5.74) is 1.33. The van der Waals surface area contributed by atoms with Crippen molar-refractivity contribution < 1.29 is 19.0 Å². The van der Waals surface area contributed by atoms with Gasteiger partial charge in [0.05, 0.1) is 24.8 Å². The third-order valence-corrected chi connectivity index (χ3v) is 4.13. The van der Waals surface area contributed by atoms with E-state index >= 15 is 0 Å². The third kappa shape index (κ3) is 3.54. The average molecular weight is 355 g/mol. The molecule has 0 radical (unpaired) electrons. The van der Waals surface area contributed by atoms with Crippen molar-refractivity contribution in [2.45, 2.75) is 12.5 Å². The van der Waals surface area contributed by atoms with Crippen LogP contribution in [-0.2, 0) is 6.42 Å². The number of ether oxygens (including phenoxy) is 2. The van der Waals surface area contributed by atoms with Crippen LogP contribution in [0.25, 0.3) is 0 Å². The summed E-state index contributed by atoms with van der Waals surface area (Å²) < 4.78 is 24.3. The fourth-order valence-corrected chi connectivity index (χ4v) is 2.54. The summed E-state index contributed by atoms with van der Waals surface area (Å²) in [4.78, 5) is 0. The van der Waals surface area contributed by atoms with Gasteiger partial charge in [-0.2, -0.15) is 0 Å². The summed E-state index contributed by atoms with van der Waals surface area (Å²) in [6.07, 6.45) is -0.523. The molecular weight excluding hydrogens is 339 g/mol.